The Morgan fingerprint density at radius 3 is 2.48 bits per heavy atom. The van der Waals surface area contributed by atoms with Crippen LogP contribution in [0, 0.1) is 0 Å². The lowest BCUT2D eigenvalue weighted by Gasteiger charge is -2.13. The number of aryl methyl sites for hydroxylation is 2. The number of benzene rings is 1. The van der Waals surface area contributed by atoms with Gasteiger partial charge in [0.25, 0.3) is 5.56 Å². The van der Waals surface area contributed by atoms with Crippen LogP contribution in [0.25, 0.3) is 11.2 Å². The summed E-state index contributed by atoms with van der Waals surface area (Å²) < 4.78 is 15.0. The standard InChI is InChI=1S/C21H29N5O4.ClH/c1-14(11-15-7-8-16(29-4)17(12-15)30-5)22-9-6-10-26-13-23-19-18(26)20(27)25(3)21(28)24(19)2;/h7-8,12-14,22H,6,9-11H2,1-5H3;1H. The molecule has 2 N–H and O–H groups in total. The van der Waals surface area contributed by atoms with Gasteiger partial charge in [0.2, 0.25) is 0 Å². The predicted octanol–water partition coefficient (Wildman–Crippen LogP) is -2.96. The van der Waals surface area contributed by atoms with Crippen molar-refractivity contribution in [2.75, 3.05) is 20.8 Å². The molecule has 0 amide bonds. The van der Waals surface area contributed by atoms with Crippen molar-refractivity contribution in [3.05, 3.63) is 50.9 Å². The topological polar surface area (TPSA) is 96.9 Å². The number of hydrogen-bond donors (Lipinski definition) is 1. The first kappa shape index (κ1) is 24.5. The third-order valence-corrected chi connectivity index (χ3v) is 5.40. The Kier molecular flexibility index (Phi) is 8.29. The molecule has 0 aliphatic carbocycles. The molecule has 0 spiro atoms. The molecular formula is C21H30ClN5O4. The number of nitrogens with zero attached hydrogens (tertiary/aromatic N) is 4. The lowest BCUT2D eigenvalue weighted by molar-refractivity contribution is -0.686. The number of halogens is 1. The van der Waals surface area contributed by atoms with Crippen LogP contribution in [0.15, 0.2) is 34.1 Å². The van der Waals surface area contributed by atoms with Gasteiger partial charge in [-0.05, 0) is 24.6 Å². The number of nitrogens with two attached hydrogens (primary N) is 1. The summed E-state index contributed by atoms with van der Waals surface area (Å²) in [7, 11) is 6.39. The molecule has 0 saturated carbocycles. The summed E-state index contributed by atoms with van der Waals surface area (Å²) in [5.41, 5.74) is 1.42. The van der Waals surface area contributed by atoms with Gasteiger partial charge in [-0.2, -0.15) is 0 Å². The Labute approximate surface area is 187 Å². The Morgan fingerprint density at radius 1 is 1.10 bits per heavy atom. The number of fused-ring (bicyclic) bond motifs is 1. The Balaban J connectivity index is 0.00000341. The van der Waals surface area contributed by atoms with Crippen LogP contribution in [0.1, 0.15) is 18.9 Å². The van der Waals surface area contributed by atoms with E-state index in [0.717, 1.165) is 35.5 Å². The van der Waals surface area contributed by atoms with Crippen LogP contribution < -0.4 is 38.4 Å². The van der Waals surface area contributed by atoms with Crippen LogP contribution in [0.2, 0.25) is 0 Å². The summed E-state index contributed by atoms with van der Waals surface area (Å²) in [4.78, 5) is 28.8. The minimum absolute atomic E-state index is 0. The lowest BCUT2D eigenvalue weighted by atomic mass is 10.1. The van der Waals surface area contributed by atoms with Crippen molar-refractivity contribution < 1.29 is 27.2 Å². The van der Waals surface area contributed by atoms with E-state index in [0.29, 0.717) is 23.8 Å². The fraction of sp³-hybridized carbons (Fsp3) is 0.476. The van der Waals surface area contributed by atoms with E-state index in [1.807, 2.05) is 16.7 Å². The summed E-state index contributed by atoms with van der Waals surface area (Å²) >= 11 is 0. The smallest absolute Gasteiger partial charge is 0.332 e. The third-order valence-electron chi connectivity index (χ3n) is 5.40. The van der Waals surface area contributed by atoms with Gasteiger partial charge in [-0.3, -0.25) is 13.9 Å². The number of methoxy groups -OCH3 is 2. The Hall–Kier alpha value is -2.78. The maximum atomic E-state index is 12.5. The van der Waals surface area contributed by atoms with Crippen LogP contribution in [0.3, 0.4) is 0 Å². The Morgan fingerprint density at radius 2 is 1.81 bits per heavy atom. The molecule has 1 unspecified atom stereocenters. The average molecular weight is 452 g/mol. The van der Waals surface area contributed by atoms with Gasteiger partial charge in [0, 0.05) is 33.5 Å². The number of quaternary nitrogens is 1. The van der Waals surface area contributed by atoms with Gasteiger partial charge in [-0.1, -0.05) is 6.07 Å². The van der Waals surface area contributed by atoms with Gasteiger partial charge in [-0.25, -0.2) is 9.78 Å². The first-order chi connectivity index (χ1) is 14.4. The zero-order valence-electron chi connectivity index (χ0n) is 18.6. The van der Waals surface area contributed by atoms with Gasteiger partial charge < -0.3 is 31.8 Å². The number of aromatic nitrogens is 4. The quantitative estimate of drug-likeness (QED) is 0.351. The SMILES string of the molecule is COc1ccc(CC(C)[NH2+]CCCn2cnc3c2c(=O)n(C)c(=O)n3C)cc1OC.[Cl-]. The molecule has 3 aromatic rings. The zero-order chi connectivity index (χ0) is 21.8. The van der Waals surface area contributed by atoms with Crippen LogP contribution in [0.5, 0.6) is 11.5 Å². The second kappa shape index (κ2) is 10.5. The molecule has 170 valence electrons. The highest BCUT2D eigenvalue weighted by atomic mass is 35.5. The molecular weight excluding hydrogens is 422 g/mol. The number of ether oxygens (including phenoxy) is 2. The number of rotatable bonds is 9. The van der Waals surface area contributed by atoms with Crippen LogP contribution in [-0.2, 0) is 27.1 Å². The fourth-order valence-corrected chi connectivity index (χ4v) is 3.69. The summed E-state index contributed by atoms with van der Waals surface area (Å²) in [6.45, 7) is 3.78. The molecule has 0 saturated heterocycles. The molecule has 0 aliphatic rings. The van der Waals surface area contributed by atoms with Gasteiger partial charge >= 0.3 is 5.69 Å². The van der Waals surface area contributed by atoms with Crippen molar-refractivity contribution in [2.45, 2.75) is 32.4 Å². The van der Waals surface area contributed by atoms with E-state index in [1.54, 1.807) is 27.6 Å². The molecule has 9 nitrogen and oxygen atoms in total. The highest BCUT2D eigenvalue weighted by Gasteiger charge is 2.14. The van der Waals surface area contributed by atoms with E-state index in [4.69, 9.17) is 9.47 Å². The molecule has 2 aromatic heterocycles. The summed E-state index contributed by atoms with van der Waals surface area (Å²) in [5, 5.41) is 2.30. The minimum Gasteiger partial charge on any atom is -1.00 e. The van der Waals surface area contributed by atoms with Crippen molar-refractivity contribution in [3.8, 4) is 11.5 Å². The zero-order valence-corrected chi connectivity index (χ0v) is 19.3. The molecule has 0 fully saturated rings. The second-order valence-corrected chi connectivity index (χ2v) is 7.56. The average Bonchev–Trinajstić information content (AvgIpc) is 3.17. The number of imidazole rings is 1. The lowest BCUT2D eigenvalue weighted by Crippen LogP contribution is -3.00. The number of hydrogen-bond acceptors (Lipinski definition) is 5. The van der Waals surface area contributed by atoms with Crippen molar-refractivity contribution in [1.29, 1.82) is 0 Å². The van der Waals surface area contributed by atoms with Gasteiger partial charge in [-0.15, -0.1) is 0 Å². The van der Waals surface area contributed by atoms with E-state index in [1.165, 1.54) is 17.2 Å². The Bertz CT molecular complexity index is 1150. The summed E-state index contributed by atoms with van der Waals surface area (Å²) in [6.07, 6.45) is 3.43. The van der Waals surface area contributed by atoms with Crippen LogP contribution in [-0.4, -0.2) is 45.5 Å². The van der Waals surface area contributed by atoms with E-state index >= 15 is 0 Å². The predicted molar refractivity (Wildman–Crippen MR) is 114 cm³/mol. The monoisotopic (exact) mass is 451 g/mol. The van der Waals surface area contributed by atoms with Crippen molar-refractivity contribution in [1.82, 2.24) is 18.7 Å². The van der Waals surface area contributed by atoms with Gasteiger partial charge in [0.1, 0.15) is 0 Å². The molecule has 0 radical (unpaired) electrons. The minimum atomic E-state index is -0.366. The third kappa shape index (κ3) is 5.11. The van der Waals surface area contributed by atoms with Gasteiger partial charge in [0.15, 0.2) is 22.7 Å². The van der Waals surface area contributed by atoms with Crippen molar-refractivity contribution in [3.63, 3.8) is 0 Å². The van der Waals surface area contributed by atoms with Crippen molar-refractivity contribution >= 4 is 11.2 Å². The van der Waals surface area contributed by atoms with Crippen LogP contribution in [0.4, 0.5) is 0 Å². The summed E-state index contributed by atoms with van der Waals surface area (Å²) in [6, 6.07) is 6.40. The molecule has 1 aromatic carbocycles. The molecule has 31 heavy (non-hydrogen) atoms. The fourth-order valence-electron chi connectivity index (χ4n) is 3.69. The highest BCUT2D eigenvalue weighted by molar-refractivity contribution is 5.69. The summed E-state index contributed by atoms with van der Waals surface area (Å²) in [5.74, 6) is 1.47. The molecule has 0 bridgehead atoms. The van der Waals surface area contributed by atoms with Gasteiger partial charge in [0.05, 0.1) is 33.1 Å². The van der Waals surface area contributed by atoms with E-state index in [-0.39, 0.29) is 23.7 Å². The van der Waals surface area contributed by atoms with E-state index in [9.17, 15) is 9.59 Å². The highest BCUT2D eigenvalue weighted by Crippen LogP contribution is 2.27. The molecule has 10 heteroatoms. The molecule has 1 atom stereocenters. The first-order valence-electron chi connectivity index (χ1n) is 10.0. The normalized spacial score (nSPS) is 11.9. The van der Waals surface area contributed by atoms with Crippen LogP contribution >= 0.6 is 0 Å². The molecule has 3 rings (SSSR count). The second-order valence-electron chi connectivity index (χ2n) is 7.56. The van der Waals surface area contributed by atoms with E-state index in [2.05, 4.69) is 23.3 Å². The molecule has 0 aliphatic heterocycles. The molecule has 2 heterocycles. The van der Waals surface area contributed by atoms with E-state index < -0.39 is 0 Å². The largest absolute Gasteiger partial charge is 1.00 e. The first-order valence-corrected chi connectivity index (χ1v) is 10.0. The maximum Gasteiger partial charge on any atom is 0.332 e. The maximum absolute atomic E-state index is 12.5. The van der Waals surface area contributed by atoms with Crippen molar-refractivity contribution in [2.24, 2.45) is 14.1 Å².